The van der Waals surface area contributed by atoms with E-state index in [1.165, 1.54) is 53.8 Å². The number of primary amides is 1. The van der Waals surface area contributed by atoms with E-state index in [2.05, 4.69) is 25.9 Å². The van der Waals surface area contributed by atoms with E-state index in [1.807, 2.05) is 0 Å². The quantitative estimate of drug-likeness (QED) is 0.0818. The molecule has 17 nitrogen and oxygen atoms in total. The van der Waals surface area contributed by atoms with Crippen molar-refractivity contribution in [2.45, 2.75) is 75.2 Å². The number of phenols is 2. The maximum atomic E-state index is 13.8. The molecule has 5 amide bonds. The standard InChI is InChI=1S/C34H42N8O9/c35-24(14-19-3-7-22(43)8-4-19)33(49)42-13-1-2-28(42)32(48)40-26(16-21-17-37-18-38-21)31(47)39-25(11-12-29(36)45)30(46)41-27(34(50)51)15-20-5-9-23(44)10-6-20/h3-10,17-18,24-28,43-44H,1-2,11-16,35H2,(H2,36,45)(H,37,38)(H,39,47)(H,40,48)(H,41,46)(H,50,51)/t24-,25-,26-,27-,28-/m0/s1. The molecule has 0 saturated carbocycles. The molecule has 2 heterocycles. The van der Waals surface area contributed by atoms with Gasteiger partial charge in [-0.05, 0) is 61.1 Å². The molecule has 0 aliphatic carbocycles. The lowest BCUT2D eigenvalue weighted by atomic mass is 10.0. The van der Waals surface area contributed by atoms with Gasteiger partial charge < -0.3 is 52.6 Å². The highest BCUT2D eigenvalue weighted by atomic mass is 16.4. The first-order valence-corrected chi connectivity index (χ1v) is 16.3. The number of rotatable bonds is 17. The summed E-state index contributed by atoms with van der Waals surface area (Å²) in [6, 6.07) is 5.92. The van der Waals surface area contributed by atoms with E-state index in [0.717, 1.165) is 5.56 Å². The lowest BCUT2D eigenvalue weighted by Gasteiger charge is -2.29. The van der Waals surface area contributed by atoms with Gasteiger partial charge in [0.05, 0.1) is 12.4 Å². The molecule has 1 saturated heterocycles. The number of carbonyl (C=O) groups excluding carboxylic acids is 5. The van der Waals surface area contributed by atoms with E-state index in [1.54, 1.807) is 12.1 Å². The molecule has 1 aromatic heterocycles. The van der Waals surface area contributed by atoms with Crippen LogP contribution in [0.1, 0.15) is 42.5 Å². The third kappa shape index (κ3) is 11.0. The number of hydrogen-bond donors (Lipinski definition) is 9. The van der Waals surface area contributed by atoms with Gasteiger partial charge in [0.2, 0.25) is 29.5 Å². The molecule has 11 N–H and O–H groups in total. The minimum Gasteiger partial charge on any atom is -0.508 e. The number of likely N-dealkylation sites (tertiary alicyclic amines) is 1. The molecule has 3 aromatic rings. The monoisotopic (exact) mass is 706 g/mol. The molecule has 272 valence electrons. The van der Waals surface area contributed by atoms with Crippen molar-refractivity contribution >= 4 is 35.5 Å². The highest BCUT2D eigenvalue weighted by molar-refractivity contribution is 5.96. The summed E-state index contributed by atoms with van der Waals surface area (Å²) in [6.45, 7) is 0.266. The average molecular weight is 707 g/mol. The predicted molar refractivity (Wildman–Crippen MR) is 180 cm³/mol. The van der Waals surface area contributed by atoms with E-state index in [4.69, 9.17) is 11.5 Å². The number of phenolic OH excluding ortho intramolecular Hbond substituents is 2. The molecule has 51 heavy (non-hydrogen) atoms. The summed E-state index contributed by atoms with van der Waals surface area (Å²) in [6.07, 6.45) is 2.97. The van der Waals surface area contributed by atoms with Crippen LogP contribution in [0.5, 0.6) is 11.5 Å². The predicted octanol–water partition coefficient (Wildman–Crippen LogP) is -1.03. The number of nitrogens with one attached hydrogen (secondary N) is 4. The van der Waals surface area contributed by atoms with Gasteiger partial charge in [-0.2, -0.15) is 0 Å². The largest absolute Gasteiger partial charge is 0.508 e. The summed E-state index contributed by atoms with van der Waals surface area (Å²) in [5, 5.41) is 36.5. The maximum Gasteiger partial charge on any atom is 0.326 e. The van der Waals surface area contributed by atoms with Crippen molar-refractivity contribution in [2.75, 3.05) is 6.54 Å². The minimum absolute atomic E-state index is 0.0258. The number of H-pyrrole nitrogens is 1. The average Bonchev–Trinajstić information content (AvgIpc) is 3.80. The number of nitrogens with zero attached hydrogens (tertiary/aromatic N) is 2. The van der Waals surface area contributed by atoms with Crippen LogP contribution in [0.2, 0.25) is 0 Å². The summed E-state index contributed by atoms with van der Waals surface area (Å²) in [4.78, 5) is 86.0. The Kier molecular flexibility index (Phi) is 13.1. The highest BCUT2D eigenvalue weighted by Crippen LogP contribution is 2.20. The summed E-state index contributed by atoms with van der Waals surface area (Å²) in [5.74, 6) is -4.91. The number of aromatic hydroxyl groups is 2. The lowest BCUT2D eigenvalue weighted by molar-refractivity contribution is -0.142. The number of carboxylic acids is 1. The minimum atomic E-state index is -1.43. The number of amides is 5. The van der Waals surface area contributed by atoms with Crippen LogP contribution in [0.15, 0.2) is 61.1 Å². The molecule has 2 aromatic carbocycles. The van der Waals surface area contributed by atoms with Gasteiger partial charge in [0.25, 0.3) is 0 Å². The first-order chi connectivity index (χ1) is 24.3. The number of aliphatic carboxylic acids is 1. The van der Waals surface area contributed by atoms with Crippen LogP contribution in [-0.4, -0.2) is 102 Å². The van der Waals surface area contributed by atoms with Gasteiger partial charge in [-0.15, -0.1) is 0 Å². The topological polar surface area (TPSA) is 283 Å². The van der Waals surface area contributed by atoms with Crippen LogP contribution >= 0.6 is 0 Å². The lowest BCUT2D eigenvalue weighted by Crippen LogP contribution is -2.59. The number of carboxylic acid groups (broad SMARTS) is 1. The summed E-state index contributed by atoms with van der Waals surface area (Å²) >= 11 is 0. The van der Waals surface area contributed by atoms with Gasteiger partial charge in [-0.1, -0.05) is 24.3 Å². The van der Waals surface area contributed by atoms with Gasteiger partial charge in [-0.25, -0.2) is 9.78 Å². The Labute approximate surface area is 292 Å². The zero-order chi connectivity index (χ0) is 37.1. The number of nitrogens with two attached hydrogens (primary N) is 2. The Morgan fingerprint density at radius 3 is 2.00 bits per heavy atom. The van der Waals surface area contributed by atoms with Crippen LogP contribution < -0.4 is 27.4 Å². The smallest absolute Gasteiger partial charge is 0.326 e. The Morgan fingerprint density at radius 2 is 1.43 bits per heavy atom. The van der Waals surface area contributed by atoms with Gasteiger partial charge in [-0.3, -0.25) is 24.0 Å². The molecule has 1 aliphatic heterocycles. The van der Waals surface area contributed by atoms with E-state index >= 15 is 0 Å². The molecular formula is C34H42N8O9. The molecule has 0 bridgehead atoms. The Bertz CT molecular complexity index is 1680. The second-order valence-corrected chi connectivity index (χ2v) is 12.3. The number of benzene rings is 2. The van der Waals surface area contributed by atoms with Crippen molar-refractivity contribution < 1.29 is 44.1 Å². The van der Waals surface area contributed by atoms with Crippen LogP contribution in [0.25, 0.3) is 0 Å². The third-order valence-corrected chi connectivity index (χ3v) is 8.46. The van der Waals surface area contributed by atoms with E-state index in [9.17, 15) is 44.1 Å². The van der Waals surface area contributed by atoms with Gasteiger partial charge in [0.1, 0.15) is 35.7 Å². The van der Waals surface area contributed by atoms with E-state index in [-0.39, 0.29) is 50.1 Å². The normalized spacial score (nSPS) is 16.3. The van der Waals surface area contributed by atoms with Crippen LogP contribution in [0.3, 0.4) is 0 Å². The van der Waals surface area contributed by atoms with Crippen LogP contribution in [0.4, 0.5) is 0 Å². The Hall–Kier alpha value is -5.97. The van der Waals surface area contributed by atoms with Crippen molar-refractivity contribution in [1.29, 1.82) is 0 Å². The number of aromatic nitrogens is 2. The van der Waals surface area contributed by atoms with Gasteiger partial charge in [0.15, 0.2) is 0 Å². The number of carbonyl (C=O) groups is 6. The van der Waals surface area contributed by atoms with Crippen molar-refractivity contribution in [1.82, 2.24) is 30.8 Å². The van der Waals surface area contributed by atoms with E-state index < -0.39 is 65.7 Å². The van der Waals surface area contributed by atoms with Gasteiger partial charge in [0, 0.05) is 37.7 Å². The van der Waals surface area contributed by atoms with Crippen molar-refractivity contribution in [3.8, 4) is 11.5 Å². The number of aromatic amines is 1. The van der Waals surface area contributed by atoms with Crippen molar-refractivity contribution in [3.05, 3.63) is 77.9 Å². The number of hydrogen-bond acceptors (Lipinski definition) is 10. The Morgan fingerprint density at radius 1 is 0.843 bits per heavy atom. The summed E-state index contributed by atoms with van der Waals surface area (Å²) in [7, 11) is 0. The highest BCUT2D eigenvalue weighted by Gasteiger charge is 2.38. The van der Waals surface area contributed by atoms with E-state index in [0.29, 0.717) is 24.1 Å². The second kappa shape index (κ2) is 17.6. The SMILES string of the molecule is NC(=O)CC[C@H](NC(=O)[C@H](Cc1cnc[nH]1)NC(=O)[C@@H]1CCCN1C(=O)[C@@H](N)Cc1ccc(O)cc1)C(=O)N[C@@H](Cc1ccc(O)cc1)C(=O)O. The molecule has 4 rings (SSSR count). The molecule has 1 fully saturated rings. The first kappa shape index (κ1) is 37.8. The number of imidazole rings is 1. The maximum absolute atomic E-state index is 13.8. The Balaban J connectivity index is 1.48. The summed E-state index contributed by atoms with van der Waals surface area (Å²) in [5.41, 5.74) is 13.2. The van der Waals surface area contributed by atoms with Gasteiger partial charge >= 0.3 is 5.97 Å². The molecule has 0 unspecified atom stereocenters. The zero-order valence-corrected chi connectivity index (χ0v) is 27.7. The molecule has 0 spiro atoms. The molecule has 1 aliphatic rings. The fourth-order valence-electron chi connectivity index (χ4n) is 5.75. The summed E-state index contributed by atoms with van der Waals surface area (Å²) < 4.78 is 0. The van der Waals surface area contributed by atoms with Crippen LogP contribution in [-0.2, 0) is 48.0 Å². The zero-order valence-electron chi connectivity index (χ0n) is 27.7. The third-order valence-electron chi connectivity index (χ3n) is 8.46. The molecule has 5 atom stereocenters. The fourth-order valence-corrected chi connectivity index (χ4v) is 5.75. The molecule has 17 heteroatoms. The fraction of sp³-hybridized carbons (Fsp3) is 0.382. The second-order valence-electron chi connectivity index (χ2n) is 12.3. The molecular weight excluding hydrogens is 664 g/mol. The van der Waals surface area contributed by atoms with Crippen LogP contribution in [0, 0.1) is 0 Å². The first-order valence-electron chi connectivity index (χ1n) is 16.3. The molecule has 0 radical (unpaired) electrons. The van der Waals surface area contributed by atoms with Crippen molar-refractivity contribution in [3.63, 3.8) is 0 Å². The van der Waals surface area contributed by atoms with Crippen molar-refractivity contribution in [2.24, 2.45) is 11.5 Å².